The van der Waals surface area contributed by atoms with E-state index in [1.54, 1.807) is 6.07 Å². The molecule has 3 aliphatic heterocycles. The van der Waals surface area contributed by atoms with Crippen molar-refractivity contribution in [2.45, 2.75) is 92.4 Å². The molecule has 1 aromatic carbocycles. The van der Waals surface area contributed by atoms with Crippen LogP contribution in [0, 0.1) is 5.92 Å². The summed E-state index contributed by atoms with van der Waals surface area (Å²) in [5.41, 5.74) is 1.26. The molecule has 5 N–H and O–H groups in total. The SMILES string of the molecule is C=C1CCC2(O)C3Cc4ccc(OC5OC(C(=O)O)C(O)C(O)C5O)c5c4C2(CCN3CC2CC2)C1O5. The fourth-order valence-corrected chi connectivity index (χ4v) is 7.75. The molecule has 9 unspecified atom stereocenters. The third-order valence-corrected chi connectivity index (χ3v) is 9.75. The Morgan fingerprint density at radius 2 is 1.95 bits per heavy atom. The lowest BCUT2D eigenvalue weighted by molar-refractivity contribution is -0.271. The predicted octanol–water partition coefficient (Wildman–Crippen LogP) is 0.0779. The van der Waals surface area contributed by atoms with Gasteiger partial charge < -0.3 is 39.7 Å². The van der Waals surface area contributed by atoms with Crippen LogP contribution in [-0.2, 0) is 21.4 Å². The Kier molecular flexibility index (Phi) is 5.10. The van der Waals surface area contributed by atoms with Gasteiger partial charge in [0.05, 0.1) is 11.0 Å². The summed E-state index contributed by atoms with van der Waals surface area (Å²) in [5.74, 6) is -0.0896. The molecule has 200 valence electrons. The van der Waals surface area contributed by atoms with Gasteiger partial charge in [0.15, 0.2) is 17.6 Å². The van der Waals surface area contributed by atoms with Crippen molar-refractivity contribution in [3.05, 3.63) is 35.4 Å². The number of aliphatic carboxylic acids is 1. The first-order valence-corrected chi connectivity index (χ1v) is 13.2. The van der Waals surface area contributed by atoms with Gasteiger partial charge in [-0.05, 0) is 68.2 Å². The van der Waals surface area contributed by atoms with Gasteiger partial charge in [-0.1, -0.05) is 12.6 Å². The highest BCUT2D eigenvalue weighted by molar-refractivity contribution is 5.73. The van der Waals surface area contributed by atoms with Crippen LogP contribution in [0.3, 0.4) is 0 Å². The number of carboxylic acid groups (broad SMARTS) is 1. The van der Waals surface area contributed by atoms with E-state index in [1.165, 1.54) is 12.8 Å². The molecule has 1 spiro atoms. The van der Waals surface area contributed by atoms with E-state index in [0.29, 0.717) is 37.4 Å². The third kappa shape index (κ3) is 3.11. The molecule has 0 amide bonds. The topological polar surface area (TPSA) is 149 Å². The molecule has 10 heteroatoms. The molecule has 6 aliphatic rings. The first kappa shape index (κ1) is 23.9. The minimum absolute atomic E-state index is 0.0114. The molecule has 7 rings (SSSR count). The van der Waals surface area contributed by atoms with Gasteiger partial charge in [0.25, 0.3) is 0 Å². The molecule has 4 fully saturated rings. The number of rotatable bonds is 5. The largest absolute Gasteiger partial charge is 0.481 e. The second kappa shape index (κ2) is 7.91. The fourth-order valence-electron chi connectivity index (χ4n) is 7.75. The predicted molar refractivity (Wildman–Crippen MR) is 127 cm³/mol. The first-order valence-electron chi connectivity index (χ1n) is 13.2. The van der Waals surface area contributed by atoms with Crippen molar-refractivity contribution >= 4 is 5.97 Å². The van der Waals surface area contributed by atoms with E-state index in [2.05, 4.69) is 11.5 Å². The van der Waals surface area contributed by atoms with E-state index >= 15 is 0 Å². The van der Waals surface area contributed by atoms with Crippen LogP contribution in [0.2, 0.25) is 0 Å². The Balaban J connectivity index is 1.29. The summed E-state index contributed by atoms with van der Waals surface area (Å²) in [5, 5.41) is 52.6. The number of nitrogens with zero attached hydrogens (tertiary/aromatic N) is 1. The average Bonchev–Trinajstić information content (AvgIpc) is 3.61. The summed E-state index contributed by atoms with van der Waals surface area (Å²) >= 11 is 0. The Labute approximate surface area is 214 Å². The molecule has 9 atom stereocenters. The number of aliphatic hydroxyl groups is 4. The number of piperidine rings is 1. The van der Waals surface area contributed by atoms with E-state index in [4.69, 9.17) is 14.2 Å². The highest BCUT2D eigenvalue weighted by Gasteiger charge is 2.72. The highest BCUT2D eigenvalue weighted by atomic mass is 16.7. The van der Waals surface area contributed by atoms with Crippen molar-refractivity contribution in [2.24, 2.45) is 5.92 Å². The summed E-state index contributed by atoms with van der Waals surface area (Å²) in [6, 6.07) is 3.64. The van der Waals surface area contributed by atoms with Crippen LogP contribution < -0.4 is 9.47 Å². The summed E-state index contributed by atoms with van der Waals surface area (Å²) in [6.45, 7) is 6.17. The quantitative estimate of drug-likeness (QED) is 0.341. The van der Waals surface area contributed by atoms with Gasteiger partial charge in [-0.3, -0.25) is 4.90 Å². The molecule has 2 saturated carbocycles. The van der Waals surface area contributed by atoms with Gasteiger partial charge in [0.2, 0.25) is 6.29 Å². The smallest absolute Gasteiger partial charge is 0.335 e. The van der Waals surface area contributed by atoms with Gasteiger partial charge in [0.1, 0.15) is 24.4 Å². The molecule has 37 heavy (non-hydrogen) atoms. The van der Waals surface area contributed by atoms with Crippen LogP contribution >= 0.6 is 0 Å². The maximum atomic E-state index is 12.5. The number of likely N-dealkylation sites (tertiary alicyclic amines) is 1. The number of carboxylic acids is 1. The summed E-state index contributed by atoms with van der Waals surface area (Å²) in [4.78, 5) is 14.0. The lowest BCUT2D eigenvalue weighted by atomic mass is 9.48. The minimum atomic E-state index is -1.81. The minimum Gasteiger partial charge on any atom is -0.481 e. The van der Waals surface area contributed by atoms with Gasteiger partial charge in [-0.2, -0.15) is 0 Å². The molecule has 0 aromatic heterocycles. The van der Waals surface area contributed by atoms with Crippen LogP contribution in [0.4, 0.5) is 0 Å². The first-order chi connectivity index (χ1) is 17.7. The zero-order valence-electron chi connectivity index (χ0n) is 20.5. The molecule has 0 radical (unpaired) electrons. The number of aliphatic hydroxyl groups excluding tert-OH is 3. The van der Waals surface area contributed by atoms with E-state index in [1.807, 2.05) is 6.07 Å². The van der Waals surface area contributed by atoms with Gasteiger partial charge in [0, 0.05) is 18.2 Å². The standard InChI is InChI=1S/C27H33NO9/c1-12-6-7-27(34)16-10-14-4-5-15(35-25-20(31)18(29)19(30)22(37-25)24(32)33)21-17(14)26(27,23(12)36-21)8-9-28(16)11-13-2-3-13/h4-5,13,16,18-20,22-23,25,29-31,34H,1-3,6-11H2,(H,32,33). The number of carbonyl (C=O) groups is 1. The van der Waals surface area contributed by atoms with E-state index in [-0.39, 0.29) is 11.8 Å². The zero-order chi connectivity index (χ0) is 25.9. The van der Waals surface area contributed by atoms with E-state index < -0.39 is 53.8 Å². The van der Waals surface area contributed by atoms with Crippen molar-refractivity contribution < 1.29 is 44.5 Å². The average molecular weight is 516 g/mol. The molecular formula is C27H33NO9. The van der Waals surface area contributed by atoms with Crippen LogP contribution in [0.15, 0.2) is 24.3 Å². The monoisotopic (exact) mass is 515 g/mol. The van der Waals surface area contributed by atoms with Gasteiger partial charge in [-0.15, -0.1) is 0 Å². The van der Waals surface area contributed by atoms with E-state index in [0.717, 1.165) is 29.8 Å². The normalized spacial score (nSPS) is 44.2. The summed E-state index contributed by atoms with van der Waals surface area (Å²) < 4.78 is 17.9. The van der Waals surface area contributed by atoms with Crippen LogP contribution in [0.1, 0.15) is 43.2 Å². The van der Waals surface area contributed by atoms with Gasteiger partial charge >= 0.3 is 5.97 Å². The zero-order valence-corrected chi connectivity index (χ0v) is 20.5. The second-order valence-corrected chi connectivity index (χ2v) is 11.7. The fraction of sp³-hybridized carbons (Fsp3) is 0.667. The van der Waals surface area contributed by atoms with E-state index in [9.17, 15) is 30.3 Å². The van der Waals surface area contributed by atoms with Crippen molar-refractivity contribution in [3.8, 4) is 11.5 Å². The van der Waals surface area contributed by atoms with Crippen LogP contribution in [0.5, 0.6) is 11.5 Å². The lowest BCUT2D eigenvalue weighted by Gasteiger charge is -2.63. The maximum Gasteiger partial charge on any atom is 0.335 e. The van der Waals surface area contributed by atoms with Crippen molar-refractivity contribution in [3.63, 3.8) is 0 Å². The second-order valence-electron chi connectivity index (χ2n) is 11.7. The number of benzene rings is 1. The Bertz CT molecular complexity index is 1170. The highest BCUT2D eigenvalue weighted by Crippen LogP contribution is 2.66. The maximum absolute atomic E-state index is 12.5. The Morgan fingerprint density at radius 3 is 2.68 bits per heavy atom. The van der Waals surface area contributed by atoms with Gasteiger partial charge in [-0.25, -0.2) is 4.79 Å². The third-order valence-electron chi connectivity index (χ3n) is 9.75. The Hall–Kier alpha value is -2.21. The molecule has 1 aromatic rings. The molecule has 2 saturated heterocycles. The van der Waals surface area contributed by atoms with Crippen LogP contribution in [-0.4, -0.2) is 97.9 Å². The van der Waals surface area contributed by atoms with Crippen LogP contribution in [0.25, 0.3) is 0 Å². The molecule has 3 aliphatic carbocycles. The number of ether oxygens (including phenoxy) is 3. The molecule has 2 bridgehead atoms. The lowest BCUT2D eigenvalue weighted by Crippen LogP contribution is -2.75. The Morgan fingerprint density at radius 1 is 1.16 bits per heavy atom. The summed E-state index contributed by atoms with van der Waals surface area (Å²) in [6.07, 6.45) is -3.82. The molecule has 10 nitrogen and oxygen atoms in total. The molecule has 3 heterocycles. The summed E-state index contributed by atoms with van der Waals surface area (Å²) in [7, 11) is 0. The van der Waals surface area contributed by atoms with Crippen molar-refractivity contribution in [1.82, 2.24) is 4.90 Å². The van der Waals surface area contributed by atoms with Crippen molar-refractivity contribution in [2.75, 3.05) is 13.1 Å². The molecular weight excluding hydrogens is 482 g/mol. The van der Waals surface area contributed by atoms with Crippen molar-refractivity contribution in [1.29, 1.82) is 0 Å². The number of hydrogen-bond acceptors (Lipinski definition) is 9. The number of hydrogen-bond donors (Lipinski definition) is 5.